The summed E-state index contributed by atoms with van der Waals surface area (Å²) >= 11 is 0. The smallest absolute Gasteiger partial charge is 0.255 e. The second-order valence-corrected chi connectivity index (χ2v) is 8.77. The Balaban J connectivity index is 1.54. The minimum Gasteiger partial charge on any atom is -0.507 e. The molecule has 2 heterocycles. The molecule has 3 aromatic rings. The first-order valence-corrected chi connectivity index (χ1v) is 11.4. The molecule has 7 nitrogen and oxygen atoms in total. The third-order valence-electron chi connectivity index (χ3n) is 6.23. The molecule has 4 rings (SSSR count). The number of piperidine rings is 1. The topological polar surface area (TPSA) is 104 Å². The van der Waals surface area contributed by atoms with Crippen LogP contribution in [0.3, 0.4) is 0 Å². The Morgan fingerprint density at radius 2 is 2.09 bits per heavy atom. The van der Waals surface area contributed by atoms with Gasteiger partial charge in [0, 0.05) is 24.8 Å². The lowest BCUT2D eigenvalue weighted by Crippen LogP contribution is -2.38. The van der Waals surface area contributed by atoms with Crippen LogP contribution in [0.4, 0.5) is 21.6 Å². The fourth-order valence-electron chi connectivity index (χ4n) is 4.21. The molecule has 0 aliphatic carbocycles. The third kappa shape index (κ3) is 5.12. The number of nitrogens with one attached hydrogen (secondary N) is 2. The molecular formula is C26H30FN5O2. The number of phenolic OH excluding ortho intramolecular Hbond substituents is 1. The molecule has 1 aliphatic heterocycles. The standard InChI is InChI=1S/C26H30FN5O2/c1-16-5-9-23(21(27)12-16)32(2)18-6-10-24(33)20(13-18)22-8-7-19(25(28)31-22)26(34)30-15-17-4-3-11-29-14-17/h5-10,12-13,17,29,33H,3-4,11,14-15H2,1-2H3,(H2,28,31)(H,30,34). The van der Waals surface area contributed by atoms with E-state index in [0.717, 1.165) is 31.5 Å². The maximum Gasteiger partial charge on any atom is 0.255 e. The summed E-state index contributed by atoms with van der Waals surface area (Å²) in [6.45, 7) is 4.33. The van der Waals surface area contributed by atoms with Crippen molar-refractivity contribution in [1.29, 1.82) is 0 Å². The maximum absolute atomic E-state index is 14.5. The summed E-state index contributed by atoms with van der Waals surface area (Å²) in [4.78, 5) is 18.7. The summed E-state index contributed by atoms with van der Waals surface area (Å²) in [5.41, 5.74) is 9.17. The van der Waals surface area contributed by atoms with Crippen LogP contribution in [0.5, 0.6) is 5.75 Å². The molecule has 5 N–H and O–H groups in total. The highest BCUT2D eigenvalue weighted by atomic mass is 19.1. The summed E-state index contributed by atoms with van der Waals surface area (Å²) in [7, 11) is 1.75. The molecule has 1 amide bonds. The van der Waals surface area contributed by atoms with Gasteiger partial charge in [-0.15, -0.1) is 0 Å². The molecule has 1 saturated heterocycles. The van der Waals surface area contributed by atoms with Gasteiger partial charge in [-0.25, -0.2) is 9.37 Å². The van der Waals surface area contributed by atoms with Crippen molar-refractivity contribution in [2.45, 2.75) is 19.8 Å². The zero-order valence-corrected chi connectivity index (χ0v) is 19.4. The Kier molecular flexibility index (Phi) is 6.98. The van der Waals surface area contributed by atoms with Gasteiger partial charge in [-0.2, -0.15) is 0 Å². The van der Waals surface area contributed by atoms with Gasteiger partial charge < -0.3 is 26.4 Å². The Hall–Kier alpha value is -3.65. The number of amides is 1. The van der Waals surface area contributed by atoms with Crippen molar-refractivity contribution in [2.24, 2.45) is 5.92 Å². The van der Waals surface area contributed by atoms with Gasteiger partial charge >= 0.3 is 0 Å². The van der Waals surface area contributed by atoms with Gasteiger partial charge in [0.05, 0.1) is 16.9 Å². The Bertz CT molecular complexity index is 1190. The van der Waals surface area contributed by atoms with Gasteiger partial charge in [0.2, 0.25) is 0 Å². The molecule has 34 heavy (non-hydrogen) atoms. The van der Waals surface area contributed by atoms with E-state index in [1.165, 1.54) is 12.1 Å². The highest BCUT2D eigenvalue weighted by Gasteiger charge is 2.18. The van der Waals surface area contributed by atoms with Gasteiger partial charge in [0.15, 0.2) is 0 Å². The number of aryl methyl sites for hydroxylation is 1. The summed E-state index contributed by atoms with van der Waals surface area (Å²) in [5.74, 6) is -0.107. The molecule has 8 heteroatoms. The number of nitrogens with zero attached hydrogens (tertiary/aromatic N) is 2. The zero-order chi connectivity index (χ0) is 24.2. The molecule has 1 aromatic heterocycles. The Morgan fingerprint density at radius 1 is 1.26 bits per heavy atom. The van der Waals surface area contributed by atoms with E-state index in [2.05, 4.69) is 15.6 Å². The molecular weight excluding hydrogens is 433 g/mol. The Labute approximate surface area is 198 Å². The average Bonchev–Trinajstić information content (AvgIpc) is 2.83. The molecule has 1 atom stereocenters. The number of hydrogen-bond donors (Lipinski definition) is 4. The lowest BCUT2D eigenvalue weighted by Gasteiger charge is -2.23. The monoisotopic (exact) mass is 463 g/mol. The predicted octanol–water partition coefficient (Wildman–Crippen LogP) is 3.98. The largest absolute Gasteiger partial charge is 0.507 e. The van der Waals surface area contributed by atoms with Crippen molar-refractivity contribution in [3.05, 3.63) is 65.5 Å². The number of carbonyl (C=O) groups is 1. The average molecular weight is 464 g/mol. The van der Waals surface area contributed by atoms with Crippen LogP contribution in [0.25, 0.3) is 11.3 Å². The second kappa shape index (κ2) is 10.1. The molecule has 0 spiro atoms. The minimum atomic E-state index is -0.334. The van der Waals surface area contributed by atoms with Gasteiger partial charge in [-0.3, -0.25) is 4.79 Å². The third-order valence-corrected chi connectivity index (χ3v) is 6.23. The van der Waals surface area contributed by atoms with Crippen LogP contribution in [-0.4, -0.2) is 42.7 Å². The van der Waals surface area contributed by atoms with E-state index in [1.807, 2.05) is 13.0 Å². The molecule has 2 aromatic carbocycles. The number of aromatic hydroxyl groups is 1. The lowest BCUT2D eigenvalue weighted by atomic mass is 9.99. The van der Waals surface area contributed by atoms with Crippen LogP contribution in [0.15, 0.2) is 48.5 Å². The first-order chi connectivity index (χ1) is 16.3. The number of phenols is 1. The van der Waals surface area contributed by atoms with Crippen LogP contribution < -0.4 is 21.3 Å². The predicted molar refractivity (Wildman–Crippen MR) is 133 cm³/mol. The number of rotatable bonds is 6. The van der Waals surface area contributed by atoms with Crippen LogP contribution in [0, 0.1) is 18.7 Å². The fourth-order valence-corrected chi connectivity index (χ4v) is 4.21. The van der Waals surface area contributed by atoms with Gasteiger partial charge in [-0.1, -0.05) is 6.07 Å². The first-order valence-electron chi connectivity index (χ1n) is 11.4. The van der Waals surface area contributed by atoms with Gasteiger partial charge in [-0.05, 0) is 86.8 Å². The highest BCUT2D eigenvalue weighted by Crippen LogP contribution is 2.35. The number of carbonyl (C=O) groups excluding carboxylic acids is 1. The molecule has 178 valence electrons. The fraction of sp³-hybridized carbons (Fsp3) is 0.308. The van der Waals surface area contributed by atoms with E-state index in [9.17, 15) is 14.3 Å². The summed E-state index contributed by atoms with van der Waals surface area (Å²) in [5, 5.41) is 16.7. The van der Waals surface area contributed by atoms with Crippen molar-refractivity contribution < 1.29 is 14.3 Å². The van der Waals surface area contributed by atoms with Crippen LogP contribution in [0.1, 0.15) is 28.8 Å². The molecule has 1 aliphatic rings. The van der Waals surface area contributed by atoms with E-state index in [-0.39, 0.29) is 23.3 Å². The van der Waals surface area contributed by atoms with E-state index < -0.39 is 0 Å². The lowest BCUT2D eigenvalue weighted by molar-refractivity contribution is 0.0945. The van der Waals surface area contributed by atoms with E-state index in [0.29, 0.717) is 40.7 Å². The molecule has 0 saturated carbocycles. The SMILES string of the molecule is Cc1ccc(N(C)c2ccc(O)c(-c3ccc(C(=O)NCC4CCCNC4)c(N)n3)c2)c(F)c1. The number of hydrogen-bond acceptors (Lipinski definition) is 6. The zero-order valence-electron chi connectivity index (χ0n) is 19.4. The normalized spacial score (nSPS) is 15.7. The second-order valence-electron chi connectivity index (χ2n) is 8.77. The van der Waals surface area contributed by atoms with Crippen molar-refractivity contribution in [3.8, 4) is 17.0 Å². The molecule has 1 unspecified atom stereocenters. The number of benzene rings is 2. The number of nitrogens with two attached hydrogens (primary N) is 1. The van der Waals surface area contributed by atoms with Crippen LogP contribution >= 0.6 is 0 Å². The van der Waals surface area contributed by atoms with Gasteiger partial charge in [0.25, 0.3) is 5.91 Å². The minimum absolute atomic E-state index is 0.00966. The van der Waals surface area contributed by atoms with Gasteiger partial charge in [0.1, 0.15) is 17.4 Å². The Morgan fingerprint density at radius 3 is 2.79 bits per heavy atom. The van der Waals surface area contributed by atoms with Crippen molar-refractivity contribution in [1.82, 2.24) is 15.6 Å². The highest BCUT2D eigenvalue weighted by molar-refractivity contribution is 5.98. The van der Waals surface area contributed by atoms with Crippen LogP contribution in [-0.2, 0) is 0 Å². The van der Waals surface area contributed by atoms with Crippen molar-refractivity contribution >= 4 is 23.1 Å². The number of nitrogen functional groups attached to an aromatic ring is 1. The summed E-state index contributed by atoms with van der Waals surface area (Å²) in [6, 6.07) is 13.2. The number of halogens is 1. The van der Waals surface area contributed by atoms with E-state index in [4.69, 9.17) is 5.73 Å². The quantitative estimate of drug-likeness (QED) is 0.441. The summed E-state index contributed by atoms with van der Waals surface area (Å²) < 4.78 is 14.5. The molecule has 0 radical (unpaired) electrons. The summed E-state index contributed by atoms with van der Waals surface area (Å²) in [6.07, 6.45) is 2.18. The van der Waals surface area contributed by atoms with Crippen molar-refractivity contribution in [3.63, 3.8) is 0 Å². The molecule has 1 fully saturated rings. The first kappa shape index (κ1) is 23.5. The van der Waals surface area contributed by atoms with Crippen molar-refractivity contribution in [2.75, 3.05) is 37.3 Å². The van der Waals surface area contributed by atoms with E-state index >= 15 is 0 Å². The molecule has 0 bridgehead atoms. The number of pyridine rings is 1. The number of anilines is 3. The van der Waals surface area contributed by atoms with E-state index in [1.54, 1.807) is 42.3 Å². The number of aromatic nitrogens is 1. The van der Waals surface area contributed by atoms with Crippen LogP contribution in [0.2, 0.25) is 0 Å². The maximum atomic E-state index is 14.5.